The average molecular weight is 220 g/mol. The van der Waals surface area contributed by atoms with Crippen molar-refractivity contribution < 1.29 is 10.1 Å². The lowest BCUT2D eigenvalue weighted by molar-refractivity contribution is -0.320. The van der Waals surface area contributed by atoms with E-state index in [1.54, 1.807) is 13.8 Å². The number of nitrogens with zero attached hydrogens (tertiary/aromatic N) is 4. The zero-order chi connectivity index (χ0) is 11.6. The van der Waals surface area contributed by atoms with E-state index < -0.39 is 5.60 Å². The molecule has 1 aromatic carbocycles. The molecule has 0 aliphatic rings. The van der Waals surface area contributed by atoms with Crippen molar-refractivity contribution in [2.75, 3.05) is 0 Å². The molecular weight excluding hydrogens is 208 g/mol. The third kappa shape index (κ3) is 1.80. The lowest BCUT2D eigenvalue weighted by Gasteiger charge is -2.18. The second-order valence-corrected chi connectivity index (χ2v) is 3.85. The van der Waals surface area contributed by atoms with Crippen LogP contribution in [0.15, 0.2) is 30.3 Å². The predicted octanol–water partition coefficient (Wildman–Crippen LogP) is 1.39. The Morgan fingerprint density at radius 3 is 2.56 bits per heavy atom. The van der Waals surface area contributed by atoms with Crippen molar-refractivity contribution >= 4 is 0 Å². The highest BCUT2D eigenvalue weighted by molar-refractivity contribution is 5.31. The fraction of sp³-hybridized carbons (Fsp3) is 0.300. The van der Waals surface area contributed by atoms with Gasteiger partial charge < -0.3 is 0 Å². The molecule has 2 aromatic rings. The van der Waals surface area contributed by atoms with Gasteiger partial charge in [0.1, 0.15) is 0 Å². The third-order valence-electron chi connectivity index (χ3n) is 2.24. The molecule has 1 aromatic heterocycles. The maximum Gasteiger partial charge on any atom is 0.191 e. The van der Waals surface area contributed by atoms with Gasteiger partial charge in [-0.25, -0.2) is 4.89 Å². The van der Waals surface area contributed by atoms with E-state index in [4.69, 9.17) is 5.26 Å². The van der Waals surface area contributed by atoms with E-state index in [2.05, 4.69) is 20.4 Å². The van der Waals surface area contributed by atoms with Crippen LogP contribution in [0.5, 0.6) is 0 Å². The summed E-state index contributed by atoms with van der Waals surface area (Å²) in [6.45, 7) is 3.36. The summed E-state index contributed by atoms with van der Waals surface area (Å²) in [5, 5.41) is 20.1. The molecule has 0 spiro atoms. The van der Waals surface area contributed by atoms with E-state index >= 15 is 0 Å². The van der Waals surface area contributed by atoms with Gasteiger partial charge in [0.05, 0.1) is 5.69 Å². The van der Waals surface area contributed by atoms with Gasteiger partial charge in [0.2, 0.25) is 0 Å². The van der Waals surface area contributed by atoms with Crippen LogP contribution < -0.4 is 0 Å². The van der Waals surface area contributed by atoms with Crippen molar-refractivity contribution in [3.63, 3.8) is 0 Å². The van der Waals surface area contributed by atoms with E-state index in [-0.39, 0.29) is 0 Å². The quantitative estimate of drug-likeness (QED) is 0.625. The van der Waals surface area contributed by atoms with Gasteiger partial charge in [-0.2, -0.15) is 4.68 Å². The van der Waals surface area contributed by atoms with Crippen LogP contribution in [0.25, 0.3) is 5.69 Å². The van der Waals surface area contributed by atoms with E-state index in [1.807, 2.05) is 30.3 Å². The number of hydrogen-bond acceptors (Lipinski definition) is 5. The van der Waals surface area contributed by atoms with Gasteiger partial charge in [-0.1, -0.05) is 18.2 Å². The van der Waals surface area contributed by atoms with Crippen LogP contribution in [-0.4, -0.2) is 25.5 Å². The fourth-order valence-corrected chi connectivity index (χ4v) is 1.35. The zero-order valence-electron chi connectivity index (χ0n) is 9.03. The highest BCUT2D eigenvalue weighted by Gasteiger charge is 2.29. The summed E-state index contributed by atoms with van der Waals surface area (Å²) in [7, 11) is 0. The smallest absolute Gasteiger partial charge is 0.191 e. The summed E-state index contributed by atoms with van der Waals surface area (Å²) in [5.41, 5.74) is -0.146. The normalized spacial score (nSPS) is 11.7. The lowest BCUT2D eigenvalue weighted by atomic mass is 10.1. The van der Waals surface area contributed by atoms with Gasteiger partial charge in [-0.3, -0.25) is 5.26 Å². The number of aromatic nitrogens is 4. The summed E-state index contributed by atoms with van der Waals surface area (Å²) in [4.78, 5) is 4.38. The van der Waals surface area contributed by atoms with E-state index in [1.165, 1.54) is 4.68 Å². The molecule has 6 heteroatoms. The molecular formula is C10H12N4O2. The number of benzene rings is 1. The monoisotopic (exact) mass is 220 g/mol. The van der Waals surface area contributed by atoms with Gasteiger partial charge in [0, 0.05) is 0 Å². The van der Waals surface area contributed by atoms with Crippen LogP contribution >= 0.6 is 0 Å². The van der Waals surface area contributed by atoms with Gasteiger partial charge in [-0.15, -0.1) is 5.10 Å². The van der Waals surface area contributed by atoms with Crippen molar-refractivity contribution in [3.8, 4) is 5.69 Å². The molecule has 2 rings (SSSR count). The standard InChI is InChI=1S/C10H12N4O2/c1-10(2,16-15)9-11-12-13-14(9)8-6-4-3-5-7-8/h3-7,15H,1-2H3. The number of rotatable bonds is 3. The zero-order valence-corrected chi connectivity index (χ0v) is 9.03. The van der Waals surface area contributed by atoms with Crippen molar-refractivity contribution in [1.29, 1.82) is 0 Å². The fourth-order valence-electron chi connectivity index (χ4n) is 1.35. The van der Waals surface area contributed by atoms with Crippen molar-refractivity contribution in [3.05, 3.63) is 36.2 Å². The molecule has 0 radical (unpaired) electrons. The minimum absolute atomic E-state index is 0.432. The summed E-state index contributed by atoms with van der Waals surface area (Å²) in [6.07, 6.45) is 0. The first-order valence-electron chi connectivity index (χ1n) is 4.82. The molecule has 0 unspecified atom stereocenters. The largest absolute Gasteiger partial charge is 0.251 e. The summed E-state index contributed by atoms with van der Waals surface area (Å²) >= 11 is 0. The molecule has 0 aliphatic carbocycles. The number of tetrazole rings is 1. The molecule has 0 amide bonds. The minimum atomic E-state index is -0.959. The van der Waals surface area contributed by atoms with Crippen molar-refractivity contribution in [2.45, 2.75) is 19.4 Å². The molecule has 0 saturated carbocycles. The molecule has 84 valence electrons. The average Bonchev–Trinajstić information content (AvgIpc) is 2.80. The van der Waals surface area contributed by atoms with Gasteiger partial charge in [0.15, 0.2) is 11.4 Å². The molecule has 0 aliphatic heterocycles. The van der Waals surface area contributed by atoms with Crippen molar-refractivity contribution in [1.82, 2.24) is 20.2 Å². The first kappa shape index (κ1) is 10.7. The second kappa shape index (κ2) is 3.99. The van der Waals surface area contributed by atoms with Gasteiger partial charge in [-0.05, 0) is 36.4 Å². The van der Waals surface area contributed by atoms with E-state index in [0.717, 1.165) is 5.69 Å². The predicted molar refractivity (Wildman–Crippen MR) is 55.9 cm³/mol. The van der Waals surface area contributed by atoms with Crippen LogP contribution in [0.2, 0.25) is 0 Å². The maximum atomic E-state index is 8.83. The van der Waals surface area contributed by atoms with Gasteiger partial charge in [0.25, 0.3) is 0 Å². The first-order valence-corrected chi connectivity index (χ1v) is 4.82. The molecule has 1 N–H and O–H groups in total. The molecule has 16 heavy (non-hydrogen) atoms. The molecule has 6 nitrogen and oxygen atoms in total. The lowest BCUT2D eigenvalue weighted by Crippen LogP contribution is -2.25. The van der Waals surface area contributed by atoms with Crippen LogP contribution in [0.3, 0.4) is 0 Å². The van der Waals surface area contributed by atoms with Crippen molar-refractivity contribution in [2.24, 2.45) is 0 Å². The molecule has 0 atom stereocenters. The van der Waals surface area contributed by atoms with Crippen LogP contribution in [0.1, 0.15) is 19.7 Å². The highest BCUT2D eigenvalue weighted by Crippen LogP contribution is 2.22. The van der Waals surface area contributed by atoms with Crippen LogP contribution in [-0.2, 0) is 10.5 Å². The Balaban J connectivity index is 2.49. The van der Waals surface area contributed by atoms with Crippen LogP contribution in [0, 0.1) is 0 Å². The molecule has 0 fully saturated rings. The maximum absolute atomic E-state index is 8.83. The van der Waals surface area contributed by atoms with E-state index in [9.17, 15) is 0 Å². The van der Waals surface area contributed by atoms with Gasteiger partial charge >= 0.3 is 0 Å². The number of hydrogen-bond donors (Lipinski definition) is 1. The summed E-state index contributed by atoms with van der Waals surface area (Å²) < 4.78 is 1.52. The second-order valence-electron chi connectivity index (χ2n) is 3.85. The molecule has 0 bridgehead atoms. The van der Waals surface area contributed by atoms with Crippen LogP contribution in [0.4, 0.5) is 0 Å². The topological polar surface area (TPSA) is 73.1 Å². The summed E-state index contributed by atoms with van der Waals surface area (Å²) in [6, 6.07) is 9.41. The first-order chi connectivity index (χ1) is 7.65. The summed E-state index contributed by atoms with van der Waals surface area (Å²) in [5.74, 6) is 0.432. The Kier molecular flexibility index (Phi) is 2.67. The molecule has 1 heterocycles. The Morgan fingerprint density at radius 1 is 1.25 bits per heavy atom. The molecule has 0 saturated heterocycles. The SMILES string of the molecule is CC(C)(OO)c1nnnn1-c1ccccc1. The Morgan fingerprint density at radius 2 is 1.94 bits per heavy atom. The third-order valence-corrected chi connectivity index (χ3v) is 2.24. The highest BCUT2D eigenvalue weighted by atomic mass is 17.1. The minimum Gasteiger partial charge on any atom is -0.251 e. The Hall–Kier alpha value is -1.79. The number of para-hydroxylation sites is 1. The Labute approximate surface area is 92.4 Å². The van der Waals surface area contributed by atoms with E-state index in [0.29, 0.717) is 5.82 Å². The Bertz CT molecular complexity index is 467.